The van der Waals surface area contributed by atoms with E-state index in [1.807, 2.05) is 12.1 Å². The van der Waals surface area contributed by atoms with Crippen LogP contribution in [-0.4, -0.2) is 57.6 Å². The minimum Gasteiger partial charge on any atom is -0.491 e. The maximum absolute atomic E-state index is 10.1. The molecule has 0 aromatic heterocycles. The molecule has 0 amide bonds. The summed E-state index contributed by atoms with van der Waals surface area (Å²) >= 11 is 0. The Balaban J connectivity index is 1.72. The Morgan fingerprint density at radius 3 is 2.29 bits per heavy atom. The second-order valence-corrected chi connectivity index (χ2v) is 6.60. The van der Waals surface area contributed by atoms with Gasteiger partial charge in [-0.25, -0.2) is 0 Å². The molecule has 3 N–H and O–H groups in total. The molecule has 1 aliphatic heterocycles. The third kappa shape index (κ3) is 5.30. The Labute approximate surface area is 128 Å². The molecule has 118 valence electrons. The predicted octanol–water partition coefficient (Wildman–Crippen LogP) is -1.04. The summed E-state index contributed by atoms with van der Waals surface area (Å²) in [6, 6.07) is 8.18. The highest BCUT2D eigenvalue weighted by Gasteiger charge is 2.22. The van der Waals surface area contributed by atoms with E-state index in [0.29, 0.717) is 12.5 Å². The fourth-order valence-electron chi connectivity index (χ4n) is 2.77. The molecule has 0 unspecified atom stereocenters. The van der Waals surface area contributed by atoms with Crippen LogP contribution in [0.15, 0.2) is 24.3 Å². The van der Waals surface area contributed by atoms with Crippen molar-refractivity contribution in [2.45, 2.75) is 25.9 Å². The largest absolute Gasteiger partial charge is 0.491 e. The predicted molar refractivity (Wildman–Crippen MR) is 84.2 cm³/mol. The van der Waals surface area contributed by atoms with E-state index in [1.165, 1.54) is 23.6 Å². The van der Waals surface area contributed by atoms with Crippen LogP contribution in [0.1, 0.15) is 25.3 Å². The smallest absolute Gasteiger partial charge is 0.137 e. The Hall–Kier alpha value is -1.10. The number of aliphatic hydroxyl groups excluding tert-OH is 1. The van der Waals surface area contributed by atoms with E-state index >= 15 is 0 Å². The molecule has 21 heavy (non-hydrogen) atoms. The summed E-state index contributed by atoms with van der Waals surface area (Å²) in [4.78, 5) is 3.08. The zero-order valence-corrected chi connectivity index (χ0v) is 13.6. The van der Waals surface area contributed by atoms with Crippen LogP contribution < -0.4 is 14.5 Å². The van der Waals surface area contributed by atoms with E-state index in [1.54, 1.807) is 4.90 Å². The first-order valence-corrected chi connectivity index (χ1v) is 8.10. The van der Waals surface area contributed by atoms with E-state index in [2.05, 4.69) is 33.0 Å². The molecular weight excluding hydrogens is 264 g/mol. The topological polar surface area (TPSA) is 38.3 Å². The third-order valence-electron chi connectivity index (χ3n) is 4.32. The maximum Gasteiger partial charge on any atom is 0.137 e. The number of benzene rings is 1. The molecule has 4 heteroatoms. The molecule has 2 rings (SSSR count). The molecule has 1 fully saturated rings. The number of aliphatic hydroxyl groups is 1. The maximum atomic E-state index is 10.1. The van der Waals surface area contributed by atoms with Crippen molar-refractivity contribution in [1.82, 2.24) is 0 Å². The van der Waals surface area contributed by atoms with Gasteiger partial charge in [0.25, 0.3) is 0 Å². The van der Waals surface area contributed by atoms with Gasteiger partial charge in [0.05, 0.1) is 7.05 Å². The van der Waals surface area contributed by atoms with Gasteiger partial charge in [-0.2, -0.15) is 0 Å². The van der Waals surface area contributed by atoms with Gasteiger partial charge in [0.2, 0.25) is 0 Å². The van der Waals surface area contributed by atoms with Gasteiger partial charge in [-0.15, -0.1) is 0 Å². The van der Waals surface area contributed by atoms with Crippen molar-refractivity contribution < 1.29 is 19.6 Å². The highest BCUT2D eigenvalue weighted by atomic mass is 16.5. The van der Waals surface area contributed by atoms with E-state index in [0.717, 1.165) is 25.4 Å². The highest BCUT2D eigenvalue weighted by molar-refractivity contribution is 5.28. The number of hydrogen-bond acceptors (Lipinski definition) is 2. The summed E-state index contributed by atoms with van der Waals surface area (Å²) in [6.07, 6.45) is -0.386. The molecule has 0 spiro atoms. The second-order valence-electron chi connectivity index (χ2n) is 6.60. The zero-order chi connectivity index (χ0) is 15.2. The number of quaternary nitrogens is 2. The number of likely N-dealkylation sites (N-methyl/N-ethyl adjacent to an activating group) is 1. The van der Waals surface area contributed by atoms with Gasteiger partial charge in [0, 0.05) is 0 Å². The fraction of sp³-hybridized carbons (Fsp3) is 0.647. The van der Waals surface area contributed by atoms with Gasteiger partial charge >= 0.3 is 0 Å². The Kier molecular flexibility index (Phi) is 6.03. The molecule has 0 bridgehead atoms. The zero-order valence-electron chi connectivity index (χ0n) is 13.6. The van der Waals surface area contributed by atoms with Crippen LogP contribution in [0.2, 0.25) is 0 Å². The minimum absolute atomic E-state index is 0.382. The van der Waals surface area contributed by atoms with Crippen molar-refractivity contribution in [2.75, 3.05) is 46.4 Å². The van der Waals surface area contributed by atoms with Crippen molar-refractivity contribution >= 4 is 0 Å². The summed E-state index contributed by atoms with van der Waals surface area (Å²) < 4.78 is 5.70. The molecule has 1 aliphatic rings. The van der Waals surface area contributed by atoms with Gasteiger partial charge in [0.15, 0.2) is 0 Å². The van der Waals surface area contributed by atoms with Gasteiger partial charge in [-0.3, -0.25) is 0 Å². The number of piperazine rings is 1. The second kappa shape index (κ2) is 7.78. The molecule has 1 saturated heterocycles. The molecule has 1 atom stereocenters. The van der Waals surface area contributed by atoms with Crippen LogP contribution in [0.25, 0.3) is 0 Å². The number of nitrogens with one attached hydrogen (secondary N) is 2. The van der Waals surface area contributed by atoms with E-state index in [4.69, 9.17) is 4.74 Å². The standard InChI is InChI=1S/C17H28N2O2/c1-14(2)15-4-6-17(7-5-15)21-13-16(20)12-19-10-8-18(3)9-11-19/h4-7,14,16,20H,8-13H2,1-3H3/p+2/t16-/m0/s1. The Morgan fingerprint density at radius 2 is 1.71 bits per heavy atom. The number of ether oxygens (including phenoxy) is 1. The lowest BCUT2D eigenvalue weighted by Gasteiger charge is -2.28. The van der Waals surface area contributed by atoms with Gasteiger partial charge in [-0.05, 0) is 23.6 Å². The van der Waals surface area contributed by atoms with Crippen LogP contribution >= 0.6 is 0 Å². The first kappa shape index (κ1) is 16.3. The van der Waals surface area contributed by atoms with Crippen LogP contribution in [0.4, 0.5) is 0 Å². The number of hydrogen-bond donors (Lipinski definition) is 3. The summed E-state index contributed by atoms with van der Waals surface area (Å²) in [6.45, 7) is 10.2. The minimum atomic E-state index is -0.386. The first-order valence-electron chi connectivity index (χ1n) is 8.10. The third-order valence-corrected chi connectivity index (χ3v) is 4.32. The Morgan fingerprint density at radius 1 is 1.10 bits per heavy atom. The molecule has 1 aromatic rings. The quantitative estimate of drug-likeness (QED) is 0.627. The average molecular weight is 294 g/mol. The number of rotatable bonds is 6. The first-order chi connectivity index (χ1) is 10.0. The fourth-order valence-corrected chi connectivity index (χ4v) is 2.77. The summed E-state index contributed by atoms with van der Waals surface area (Å²) in [5.74, 6) is 1.38. The lowest BCUT2D eigenvalue weighted by molar-refractivity contribution is -1.00. The lowest BCUT2D eigenvalue weighted by Crippen LogP contribution is -3.27. The van der Waals surface area contributed by atoms with E-state index < -0.39 is 0 Å². The van der Waals surface area contributed by atoms with Crippen molar-refractivity contribution in [1.29, 1.82) is 0 Å². The van der Waals surface area contributed by atoms with Crippen molar-refractivity contribution in [3.63, 3.8) is 0 Å². The van der Waals surface area contributed by atoms with Crippen molar-refractivity contribution in [3.8, 4) is 5.75 Å². The highest BCUT2D eigenvalue weighted by Crippen LogP contribution is 2.18. The van der Waals surface area contributed by atoms with Gasteiger partial charge in [-0.1, -0.05) is 26.0 Å². The van der Waals surface area contributed by atoms with Crippen molar-refractivity contribution in [2.24, 2.45) is 0 Å². The SMILES string of the molecule is CC(C)c1ccc(OC[C@@H](O)C[NH+]2CC[NH+](C)CC2)cc1. The van der Waals surface area contributed by atoms with Crippen LogP contribution in [0.3, 0.4) is 0 Å². The molecular formula is C17H30N2O2+2. The Bertz CT molecular complexity index is 411. The molecule has 4 nitrogen and oxygen atoms in total. The molecule has 1 heterocycles. The molecule has 0 radical (unpaired) electrons. The molecule has 0 aliphatic carbocycles. The van der Waals surface area contributed by atoms with Gasteiger partial charge in [0.1, 0.15) is 51.2 Å². The summed E-state index contributed by atoms with van der Waals surface area (Å²) in [5, 5.41) is 10.1. The summed E-state index contributed by atoms with van der Waals surface area (Å²) in [7, 11) is 2.23. The lowest BCUT2D eigenvalue weighted by atomic mass is 10.0. The van der Waals surface area contributed by atoms with Gasteiger partial charge < -0.3 is 19.6 Å². The van der Waals surface area contributed by atoms with Crippen molar-refractivity contribution in [3.05, 3.63) is 29.8 Å². The molecule has 0 saturated carbocycles. The van der Waals surface area contributed by atoms with Crippen LogP contribution in [-0.2, 0) is 0 Å². The van der Waals surface area contributed by atoms with E-state index in [-0.39, 0.29) is 6.10 Å². The normalized spacial score (nSPS) is 24.0. The van der Waals surface area contributed by atoms with Crippen LogP contribution in [0, 0.1) is 0 Å². The molecule has 1 aromatic carbocycles. The van der Waals surface area contributed by atoms with Crippen LogP contribution in [0.5, 0.6) is 5.75 Å². The summed E-state index contributed by atoms with van der Waals surface area (Å²) in [5.41, 5.74) is 1.31. The average Bonchev–Trinajstić information content (AvgIpc) is 2.48. The monoisotopic (exact) mass is 294 g/mol. The van der Waals surface area contributed by atoms with E-state index in [9.17, 15) is 5.11 Å².